The molecule has 2 fully saturated rings. The first-order valence-corrected chi connectivity index (χ1v) is 9.40. The second-order valence-corrected chi connectivity index (χ2v) is 6.96. The number of benzene rings is 2. The fourth-order valence-corrected chi connectivity index (χ4v) is 3.69. The van der Waals surface area contributed by atoms with Gasteiger partial charge < -0.3 is 5.32 Å². The maximum Gasteiger partial charge on any atom is 0.0110 e. The molecule has 0 radical (unpaired) electrons. The predicted molar refractivity (Wildman–Crippen MR) is 103 cm³/mol. The fraction of sp³-hybridized carbons (Fsp3) is 0.455. The Balaban J connectivity index is 0.000000143. The molecule has 1 heterocycles. The van der Waals surface area contributed by atoms with Crippen molar-refractivity contribution in [2.45, 2.75) is 38.6 Å². The minimum Gasteiger partial charge on any atom is -0.314 e. The van der Waals surface area contributed by atoms with Gasteiger partial charge in [-0.2, -0.15) is 0 Å². The Bertz CT molecular complexity index is 579. The van der Waals surface area contributed by atoms with Crippen LogP contribution < -0.4 is 5.32 Å². The first-order chi connectivity index (χ1) is 11.8. The largest absolute Gasteiger partial charge is 0.314 e. The average Bonchev–Trinajstić information content (AvgIpc) is 3.19. The molecule has 0 amide bonds. The van der Waals surface area contributed by atoms with E-state index in [-0.39, 0.29) is 0 Å². The maximum atomic E-state index is 3.40. The van der Waals surface area contributed by atoms with E-state index in [1.165, 1.54) is 68.6 Å². The van der Waals surface area contributed by atoms with E-state index in [2.05, 4.69) is 65.7 Å². The van der Waals surface area contributed by atoms with Crippen molar-refractivity contribution in [1.29, 1.82) is 0 Å². The minimum atomic E-state index is 0.942. The van der Waals surface area contributed by atoms with Crippen molar-refractivity contribution in [3.05, 3.63) is 60.2 Å². The molecule has 1 aliphatic heterocycles. The zero-order valence-corrected chi connectivity index (χ0v) is 14.9. The summed E-state index contributed by atoms with van der Waals surface area (Å²) in [4.78, 5) is 2.67. The lowest BCUT2D eigenvalue weighted by molar-refractivity contribution is 0.175. The van der Waals surface area contributed by atoms with Crippen LogP contribution >= 0.6 is 0 Å². The van der Waals surface area contributed by atoms with Crippen LogP contribution in [0.1, 0.15) is 31.2 Å². The molecule has 0 bridgehead atoms. The minimum absolute atomic E-state index is 0.942. The second kappa shape index (κ2) is 9.00. The standard InChI is InChI=1S/C13H12.C9H18N2/c1-11-7-9-13(10-8-11)12-5-3-2-4-6-12;1-2-4-9(3-1)11-7-5-10-6-8-11/h2-10H,1H3;9-10H,1-8H2. The van der Waals surface area contributed by atoms with Gasteiger partial charge in [-0.15, -0.1) is 0 Å². The Morgan fingerprint density at radius 2 is 1.38 bits per heavy atom. The van der Waals surface area contributed by atoms with Crippen LogP contribution in [0.2, 0.25) is 0 Å². The summed E-state index contributed by atoms with van der Waals surface area (Å²) in [6.45, 7) is 7.08. The molecular formula is C22H30N2. The van der Waals surface area contributed by atoms with Crippen molar-refractivity contribution in [2.24, 2.45) is 0 Å². The highest BCUT2D eigenvalue weighted by Crippen LogP contribution is 2.23. The molecule has 128 valence electrons. The lowest BCUT2D eigenvalue weighted by atomic mass is 10.0. The summed E-state index contributed by atoms with van der Waals surface area (Å²) in [5, 5.41) is 3.40. The quantitative estimate of drug-likeness (QED) is 0.876. The van der Waals surface area contributed by atoms with E-state index in [1.54, 1.807) is 0 Å². The van der Waals surface area contributed by atoms with Gasteiger partial charge in [-0.05, 0) is 30.9 Å². The zero-order chi connectivity index (χ0) is 16.6. The lowest BCUT2D eigenvalue weighted by Gasteiger charge is -2.32. The highest BCUT2D eigenvalue weighted by molar-refractivity contribution is 5.63. The summed E-state index contributed by atoms with van der Waals surface area (Å²) >= 11 is 0. The van der Waals surface area contributed by atoms with E-state index < -0.39 is 0 Å². The van der Waals surface area contributed by atoms with Crippen molar-refractivity contribution in [2.75, 3.05) is 26.2 Å². The molecule has 1 N–H and O–H groups in total. The van der Waals surface area contributed by atoms with Gasteiger partial charge >= 0.3 is 0 Å². The summed E-state index contributed by atoms with van der Waals surface area (Å²) < 4.78 is 0. The third-order valence-corrected chi connectivity index (χ3v) is 5.15. The van der Waals surface area contributed by atoms with Crippen molar-refractivity contribution in [1.82, 2.24) is 10.2 Å². The van der Waals surface area contributed by atoms with Crippen molar-refractivity contribution >= 4 is 0 Å². The van der Waals surface area contributed by atoms with Gasteiger partial charge in [-0.3, -0.25) is 4.90 Å². The molecule has 0 spiro atoms. The molecule has 2 heteroatoms. The molecular weight excluding hydrogens is 292 g/mol. The number of aryl methyl sites for hydroxylation is 1. The second-order valence-electron chi connectivity index (χ2n) is 6.96. The number of nitrogens with one attached hydrogen (secondary N) is 1. The Morgan fingerprint density at radius 1 is 0.792 bits per heavy atom. The van der Waals surface area contributed by atoms with Gasteiger partial charge in [-0.25, -0.2) is 0 Å². The molecule has 0 atom stereocenters. The van der Waals surface area contributed by atoms with Crippen LogP contribution in [0.15, 0.2) is 54.6 Å². The van der Waals surface area contributed by atoms with E-state index in [4.69, 9.17) is 0 Å². The van der Waals surface area contributed by atoms with Crippen LogP contribution in [0, 0.1) is 6.92 Å². The molecule has 2 aromatic rings. The average molecular weight is 322 g/mol. The summed E-state index contributed by atoms with van der Waals surface area (Å²) in [6, 6.07) is 20.0. The number of rotatable bonds is 2. The van der Waals surface area contributed by atoms with E-state index in [1.807, 2.05) is 6.07 Å². The van der Waals surface area contributed by atoms with Crippen LogP contribution in [-0.2, 0) is 0 Å². The van der Waals surface area contributed by atoms with Gasteiger partial charge in [0.15, 0.2) is 0 Å². The number of piperazine rings is 1. The van der Waals surface area contributed by atoms with Gasteiger partial charge in [0, 0.05) is 32.2 Å². The SMILES string of the molecule is C1CCC(N2CCNCC2)C1.Cc1ccc(-c2ccccc2)cc1. The molecule has 1 saturated carbocycles. The van der Waals surface area contributed by atoms with Crippen LogP contribution in [0.25, 0.3) is 11.1 Å². The maximum absolute atomic E-state index is 3.40. The lowest BCUT2D eigenvalue weighted by Crippen LogP contribution is -2.47. The Kier molecular flexibility index (Phi) is 6.45. The molecule has 2 aromatic carbocycles. The van der Waals surface area contributed by atoms with Gasteiger partial charge in [0.1, 0.15) is 0 Å². The molecule has 2 aliphatic rings. The number of nitrogens with zero attached hydrogens (tertiary/aromatic N) is 1. The third kappa shape index (κ3) is 4.93. The van der Waals surface area contributed by atoms with Gasteiger partial charge in [0.25, 0.3) is 0 Å². The Labute approximate surface area is 146 Å². The third-order valence-electron chi connectivity index (χ3n) is 5.15. The topological polar surface area (TPSA) is 15.3 Å². The summed E-state index contributed by atoms with van der Waals surface area (Å²) in [5.74, 6) is 0. The van der Waals surface area contributed by atoms with Crippen molar-refractivity contribution < 1.29 is 0 Å². The number of hydrogen-bond donors (Lipinski definition) is 1. The fourth-order valence-electron chi connectivity index (χ4n) is 3.69. The highest BCUT2D eigenvalue weighted by atomic mass is 15.2. The van der Waals surface area contributed by atoms with Crippen LogP contribution in [-0.4, -0.2) is 37.1 Å². The first-order valence-electron chi connectivity index (χ1n) is 9.40. The highest BCUT2D eigenvalue weighted by Gasteiger charge is 2.22. The van der Waals surface area contributed by atoms with Crippen LogP contribution in [0.3, 0.4) is 0 Å². The van der Waals surface area contributed by atoms with E-state index in [0.717, 1.165) is 6.04 Å². The zero-order valence-electron chi connectivity index (χ0n) is 14.9. The van der Waals surface area contributed by atoms with Gasteiger partial charge in [0.2, 0.25) is 0 Å². The first kappa shape index (κ1) is 17.2. The summed E-state index contributed by atoms with van der Waals surface area (Å²) in [7, 11) is 0. The summed E-state index contributed by atoms with van der Waals surface area (Å²) in [5.41, 5.74) is 3.87. The monoisotopic (exact) mass is 322 g/mol. The van der Waals surface area contributed by atoms with Crippen molar-refractivity contribution in [3.63, 3.8) is 0 Å². The molecule has 1 saturated heterocycles. The normalized spacial score (nSPS) is 18.9. The van der Waals surface area contributed by atoms with Crippen LogP contribution in [0.4, 0.5) is 0 Å². The molecule has 0 aromatic heterocycles. The molecule has 4 rings (SSSR count). The van der Waals surface area contributed by atoms with E-state index in [9.17, 15) is 0 Å². The molecule has 0 unspecified atom stereocenters. The Morgan fingerprint density at radius 3 is 2.00 bits per heavy atom. The van der Waals surface area contributed by atoms with Gasteiger partial charge in [0.05, 0.1) is 0 Å². The summed E-state index contributed by atoms with van der Waals surface area (Å²) in [6.07, 6.45) is 5.85. The Hall–Kier alpha value is -1.64. The van der Waals surface area contributed by atoms with E-state index in [0.29, 0.717) is 0 Å². The van der Waals surface area contributed by atoms with Gasteiger partial charge in [-0.1, -0.05) is 73.0 Å². The smallest absolute Gasteiger partial charge is 0.0110 e. The molecule has 2 nitrogen and oxygen atoms in total. The predicted octanol–water partition coefficient (Wildman–Crippen LogP) is 4.50. The molecule has 1 aliphatic carbocycles. The molecule has 24 heavy (non-hydrogen) atoms. The van der Waals surface area contributed by atoms with E-state index >= 15 is 0 Å². The van der Waals surface area contributed by atoms with Crippen molar-refractivity contribution in [3.8, 4) is 11.1 Å². The van der Waals surface area contributed by atoms with Crippen LogP contribution in [0.5, 0.6) is 0 Å². The number of hydrogen-bond acceptors (Lipinski definition) is 2.